The molecule has 0 aliphatic carbocycles. The molecule has 0 spiro atoms. The molecule has 0 bridgehead atoms. The van der Waals surface area contributed by atoms with Crippen molar-refractivity contribution in [3.8, 4) is 22.6 Å². The SMILES string of the molecule is CCOc1cc([C@@H](CS(C)(=O)=O)n2c(=O)[nH]c3cc(-c4ccc(F)cc4)ccc32)ccc1OC. The standard InChI is InChI=1S/C25H25FN2O5S/c1-4-33-24-14-18(8-12-23(24)32-2)22(15-34(3,30)31)28-21-11-7-17(13-20(21)27-25(28)29)16-5-9-19(26)10-6-16/h5-14,22H,4,15H2,1-3H3,(H,27,29)/t22-/m1/s1. The molecule has 3 aromatic carbocycles. The Hall–Kier alpha value is -3.59. The summed E-state index contributed by atoms with van der Waals surface area (Å²) in [6.07, 6.45) is 1.14. The van der Waals surface area contributed by atoms with E-state index in [0.29, 0.717) is 34.7 Å². The van der Waals surface area contributed by atoms with Crippen molar-refractivity contribution in [2.24, 2.45) is 0 Å². The van der Waals surface area contributed by atoms with Crippen LogP contribution in [0.1, 0.15) is 18.5 Å². The molecular formula is C25H25FN2O5S. The lowest BCUT2D eigenvalue weighted by Crippen LogP contribution is -2.28. The minimum atomic E-state index is -3.46. The summed E-state index contributed by atoms with van der Waals surface area (Å²) in [5.74, 6) is 0.364. The van der Waals surface area contributed by atoms with Crippen molar-refractivity contribution >= 4 is 20.9 Å². The summed E-state index contributed by atoms with van der Waals surface area (Å²) in [7, 11) is -1.94. The van der Waals surface area contributed by atoms with Crippen molar-refractivity contribution < 1.29 is 22.3 Å². The first-order valence-electron chi connectivity index (χ1n) is 10.7. The average Bonchev–Trinajstić information content (AvgIpc) is 3.12. The van der Waals surface area contributed by atoms with Gasteiger partial charge in [0.25, 0.3) is 0 Å². The maximum atomic E-state index is 13.3. The van der Waals surface area contributed by atoms with Gasteiger partial charge in [-0.15, -0.1) is 0 Å². The molecule has 4 rings (SSSR count). The number of nitrogens with zero attached hydrogens (tertiary/aromatic N) is 1. The minimum absolute atomic E-state index is 0.280. The lowest BCUT2D eigenvalue weighted by molar-refractivity contribution is 0.310. The molecule has 9 heteroatoms. The molecule has 0 radical (unpaired) electrons. The number of benzene rings is 3. The largest absolute Gasteiger partial charge is 0.493 e. The molecule has 0 saturated heterocycles. The third-order valence-corrected chi connectivity index (χ3v) is 6.46. The Morgan fingerprint density at radius 3 is 2.35 bits per heavy atom. The molecule has 1 heterocycles. The number of aromatic amines is 1. The molecule has 7 nitrogen and oxygen atoms in total. The third-order valence-electron chi connectivity index (χ3n) is 5.54. The maximum Gasteiger partial charge on any atom is 0.327 e. The van der Waals surface area contributed by atoms with E-state index in [0.717, 1.165) is 17.4 Å². The topological polar surface area (TPSA) is 90.4 Å². The van der Waals surface area contributed by atoms with Crippen LogP contribution in [-0.2, 0) is 9.84 Å². The number of nitrogens with one attached hydrogen (secondary N) is 1. The van der Waals surface area contributed by atoms with Crippen LogP contribution in [0.3, 0.4) is 0 Å². The van der Waals surface area contributed by atoms with Gasteiger partial charge in [0.2, 0.25) is 0 Å². The number of sulfone groups is 1. The van der Waals surface area contributed by atoms with Crippen LogP contribution in [0.4, 0.5) is 4.39 Å². The molecule has 0 aliphatic rings. The number of hydrogen-bond acceptors (Lipinski definition) is 5. The fourth-order valence-corrected chi connectivity index (χ4v) is 4.95. The van der Waals surface area contributed by atoms with Crippen molar-refractivity contribution in [3.05, 3.63) is 82.5 Å². The first-order valence-corrected chi connectivity index (χ1v) is 12.7. The van der Waals surface area contributed by atoms with E-state index < -0.39 is 21.6 Å². The molecule has 1 N–H and O–H groups in total. The number of H-pyrrole nitrogens is 1. The van der Waals surface area contributed by atoms with E-state index in [1.165, 1.54) is 23.8 Å². The molecule has 0 aliphatic heterocycles. The maximum absolute atomic E-state index is 13.3. The van der Waals surface area contributed by atoms with E-state index in [4.69, 9.17) is 9.47 Å². The van der Waals surface area contributed by atoms with Gasteiger partial charge in [0.1, 0.15) is 15.7 Å². The first-order chi connectivity index (χ1) is 16.2. The van der Waals surface area contributed by atoms with Crippen molar-refractivity contribution in [1.82, 2.24) is 9.55 Å². The Morgan fingerprint density at radius 1 is 1.00 bits per heavy atom. The molecule has 0 unspecified atom stereocenters. The molecule has 0 amide bonds. The van der Waals surface area contributed by atoms with Crippen LogP contribution >= 0.6 is 0 Å². The monoisotopic (exact) mass is 484 g/mol. The number of halogens is 1. The van der Waals surface area contributed by atoms with Gasteiger partial charge in [-0.2, -0.15) is 0 Å². The smallest absolute Gasteiger partial charge is 0.327 e. The summed E-state index contributed by atoms with van der Waals surface area (Å²) in [6.45, 7) is 2.23. The number of aromatic nitrogens is 2. The van der Waals surface area contributed by atoms with Crippen LogP contribution < -0.4 is 15.2 Å². The molecule has 0 saturated carbocycles. The Balaban J connectivity index is 1.86. The lowest BCUT2D eigenvalue weighted by Gasteiger charge is -2.20. The Kier molecular flexibility index (Phi) is 6.47. The molecular weight excluding hydrogens is 459 g/mol. The number of ether oxygens (including phenoxy) is 2. The second kappa shape index (κ2) is 9.34. The second-order valence-electron chi connectivity index (χ2n) is 7.99. The van der Waals surface area contributed by atoms with Crippen LogP contribution in [0.5, 0.6) is 11.5 Å². The predicted octanol–water partition coefficient (Wildman–Crippen LogP) is 4.18. The fraction of sp³-hybridized carbons (Fsp3) is 0.240. The number of methoxy groups -OCH3 is 1. The van der Waals surface area contributed by atoms with E-state index in [1.807, 2.05) is 13.0 Å². The number of hydrogen-bond donors (Lipinski definition) is 1. The first kappa shape index (κ1) is 23.6. The zero-order chi connectivity index (χ0) is 24.5. The number of fused-ring (bicyclic) bond motifs is 1. The molecule has 1 atom stereocenters. The summed E-state index contributed by atoms with van der Waals surface area (Å²) >= 11 is 0. The van der Waals surface area contributed by atoms with Gasteiger partial charge in [-0.25, -0.2) is 17.6 Å². The molecule has 178 valence electrons. The van der Waals surface area contributed by atoms with Crippen LogP contribution in [0.2, 0.25) is 0 Å². The molecule has 1 aromatic heterocycles. The minimum Gasteiger partial charge on any atom is -0.493 e. The van der Waals surface area contributed by atoms with Gasteiger partial charge in [-0.3, -0.25) is 4.57 Å². The predicted molar refractivity (Wildman–Crippen MR) is 130 cm³/mol. The van der Waals surface area contributed by atoms with Gasteiger partial charge in [0.05, 0.1) is 36.5 Å². The van der Waals surface area contributed by atoms with Crippen LogP contribution in [0.15, 0.2) is 65.5 Å². The van der Waals surface area contributed by atoms with Gasteiger partial charge in [0, 0.05) is 6.26 Å². The van der Waals surface area contributed by atoms with Crippen molar-refractivity contribution in [2.45, 2.75) is 13.0 Å². The number of rotatable bonds is 8. The van der Waals surface area contributed by atoms with Gasteiger partial charge < -0.3 is 14.5 Å². The zero-order valence-electron chi connectivity index (χ0n) is 19.0. The molecule has 0 fully saturated rings. The summed E-state index contributed by atoms with van der Waals surface area (Å²) in [6, 6.07) is 15.8. The van der Waals surface area contributed by atoms with Crippen molar-refractivity contribution in [1.29, 1.82) is 0 Å². The highest BCUT2D eigenvalue weighted by Crippen LogP contribution is 2.33. The van der Waals surface area contributed by atoms with Gasteiger partial charge >= 0.3 is 5.69 Å². The van der Waals surface area contributed by atoms with Gasteiger partial charge in [-0.05, 0) is 60.0 Å². The summed E-state index contributed by atoms with van der Waals surface area (Å²) < 4.78 is 50.4. The summed E-state index contributed by atoms with van der Waals surface area (Å²) in [5, 5.41) is 0. The lowest BCUT2D eigenvalue weighted by atomic mass is 10.0. The molecule has 34 heavy (non-hydrogen) atoms. The van der Waals surface area contributed by atoms with E-state index in [1.54, 1.807) is 42.5 Å². The summed E-state index contributed by atoms with van der Waals surface area (Å²) in [4.78, 5) is 15.9. The Morgan fingerprint density at radius 2 is 1.71 bits per heavy atom. The third kappa shape index (κ3) is 4.84. The molecule has 4 aromatic rings. The zero-order valence-corrected chi connectivity index (χ0v) is 19.9. The van der Waals surface area contributed by atoms with Crippen molar-refractivity contribution in [2.75, 3.05) is 25.7 Å². The van der Waals surface area contributed by atoms with E-state index in [-0.39, 0.29) is 11.6 Å². The average molecular weight is 485 g/mol. The van der Waals surface area contributed by atoms with E-state index in [9.17, 15) is 17.6 Å². The Bertz CT molecular complexity index is 1490. The van der Waals surface area contributed by atoms with Crippen LogP contribution in [0, 0.1) is 5.82 Å². The highest BCUT2D eigenvalue weighted by atomic mass is 32.2. The highest BCUT2D eigenvalue weighted by Gasteiger charge is 2.25. The number of imidazole rings is 1. The fourth-order valence-electron chi connectivity index (χ4n) is 4.04. The highest BCUT2D eigenvalue weighted by molar-refractivity contribution is 7.90. The van der Waals surface area contributed by atoms with Crippen LogP contribution in [0.25, 0.3) is 22.2 Å². The normalized spacial score (nSPS) is 12.6. The quantitative estimate of drug-likeness (QED) is 0.405. The van der Waals surface area contributed by atoms with Gasteiger partial charge in [0.15, 0.2) is 11.5 Å². The van der Waals surface area contributed by atoms with Crippen LogP contribution in [-0.4, -0.2) is 43.7 Å². The van der Waals surface area contributed by atoms with Gasteiger partial charge in [-0.1, -0.05) is 24.3 Å². The van der Waals surface area contributed by atoms with E-state index in [2.05, 4.69) is 4.98 Å². The second-order valence-corrected chi connectivity index (χ2v) is 10.2. The summed E-state index contributed by atoms with van der Waals surface area (Å²) in [5.41, 5.74) is 2.85. The Labute approximate surface area is 196 Å². The van der Waals surface area contributed by atoms with E-state index >= 15 is 0 Å². The van der Waals surface area contributed by atoms with Crippen molar-refractivity contribution in [3.63, 3.8) is 0 Å².